The average molecular weight is 210 g/mol. The van der Waals surface area contributed by atoms with E-state index in [1.165, 1.54) is 0 Å². The molecule has 0 aliphatic rings. The van der Waals surface area contributed by atoms with Gasteiger partial charge in [0, 0.05) is 12.1 Å². The molecular weight excluding hydrogens is 184 g/mol. The first-order valence-electron chi connectivity index (χ1n) is 5.91. The quantitative estimate of drug-likeness (QED) is 0.632. The number of terminal acetylenes is 1. The highest BCUT2D eigenvalue weighted by Gasteiger charge is 2.25. The Labute approximate surface area is 95.0 Å². The molecule has 2 heteroatoms. The molecule has 3 N–H and O–H groups in total. The van der Waals surface area contributed by atoms with Crippen LogP contribution in [-0.4, -0.2) is 18.1 Å². The first kappa shape index (κ1) is 14.5. The molecule has 0 heterocycles. The van der Waals surface area contributed by atoms with E-state index in [1.807, 2.05) is 0 Å². The summed E-state index contributed by atoms with van der Waals surface area (Å²) in [5, 5.41) is 3.50. The Kier molecular flexibility index (Phi) is 6.63. The number of hydrogen-bond acceptors (Lipinski definition) is 2. The molecule has 0 aromatic rings. The van der Waals surface area contributed by atoms with Gasteiger partial charge in [0.25, 0.3) is 0 Å². The lowest BCUT2D eigenvalue weighted by atomic mass is 9.89. The Morgan fingerprint density at radius 3 is 2.40 bits per heavy atom. The molecule has 0 aliphatic heterocycles. The molecule has 0 amide bonds. The van der Waals surface area contributed by atoms with Crippen molar-refractivity contribution in [3.8, 4) is 12.3 Å². The summed E-state index contributed by atoms with van der Waals surface area (Å²) in [4.78, 5) is 0. The fourth-order valence-electron chi connectivity index (χ4n) is 2.01. The van der Waals surface area contributed by atoms with Gasteiger partial charge in [-0.25, -0.2) is 0 Å². The maximum absolute atomic E-state index is 5.82. The van der Waals surface area contributed by atoms with Crippen LogP contribution in [0.3, 0.4) is 0 Å². The van der Waals surface area contributed by atoms with Gasteiger partial charge in [-0.3, -0.25) is 5.32 Å². The first-order valence-corrected chi connectivity index (χ1v) is 5.91. The highest BCUT2D eigenvalue weighted by atomic mass is 15.0. The van der Waals surface area contributed by atoms with Crippen LogP contribution in [0.15, 0.2) is 0 Å². The Morgan fingerprint density at radius 1 is 1.47 bits per heavy atom. The summed E-state index contributed by atoms with van der Waals surface area (Å²) in [5.41, 5.74) is 5.80. The van der Waals surface area contributed by atoms with Crippen LogP contribution in [-0.2, 0) is 0 Å². The van der Waals surface area contributed by atoms with Crippen molar-refractivity contribution >= 4 is 0 Å². The standard InChI is InChI=1S/C13H26N2/c1-6-8-12(7-2)15-13(5,10-14)9-11(3)4/h2,11-12,15H,6,8-10,14H2,1,3-5H3. The maximum atomic E-state index is 5.82. The van der Waals surface area contributed by atoms with Gasteiger partial charge in [-0.1, -0.05) is 33.1 Å². The number of hydrogen-bond donors (Lipinski definition) is 2. The van der Waals surface area contributed by atoms with E-state index in [4.69, 9.17) is 12.2 Å². The second kappa shape index (κ2) is 6.87. The van der Waals surface area contributed by atoms with Crippen LogP contribution in [0.5, 0.6) is 0 Å². The Bertz CT molecular complexity index is 205. The molecule has 0 rings (SSSR count). The monoisotopic (exact) mass is 210 g/mol. The Balaban J connectivity index is 4.34. The summed E-state index contributed by atoms with van der Waals surface area (Å²) >= 11 is 0. The van der Waals surface area contributed by atoms with Crippen LogP contribution in [0.4, 0.5) is 0 Å². The average Bonchev–Trinajstić information content (AvgIpc) is 2.16. The number of nitrogens with two attached hydrogens (primary N) is 1. The molecule has 0 aromatic heterocycles. The fraction of sp³-hybridized carbons (Fsp3) is 0.846. The minimum atomic E-state index is -0.0274. The van der Waals surface area contributed by atoms with E-state index in [2.05, 4.69) is 38.9 Å². The molecule has 2 unspecified atom stereocenters. The van der Waals surface area contributed by atoms with E-state index in [9.17, 15) is 0 Å². The molecule has 0 aliphatic carbocycles. The van der Waals surface area contributed by atoms with Gasteiger partial charge in [-0.15, -0.1) is 6.42 Å². The summed E-state index contributed by atoms with van der Waals surface area (Å²) < 4.78 is 0. The van der Waals surface area contributed by atoms with Crippen LogP contribution < -0.4 is 11.1 Å². The van der Waals surface area contributed by atoms with Gasteiger partial charge in [-0.05, 0) is 25.7 Å². The smallest absolute Gasteiger partial charge is 0.0691 e. The third kappa shape index (κ3) is 5.81. The minimum Gasteiger partial charge on any atom is -0.329 e. The first-order chi connectivity index (χ1) is 6.97. The second-order valence-electron chi connectivity index (χ2n) is 5.02. The van der Waals surface area contributed by atoms with E-state index < -0.39 is 0 Å². The third-order valence-corrected chi connectivity index (χ3v) is 2.61. The normalized spacial score (nSPS) is 17.1. The fourth-order valence-corrected chi connectivity index (χ4v) is 2.01. The van der Waals surface area contributed by atoms with Crippen LogP contribution in [0.2, 0.25) is 0 Å². The summed E-state index contributed by atoms with van der Waals surface area (Å²) in [5.74, 6) is 3.43. The van der Waals surface area contributed by atoms with Crippen molar-refractivity contribution in [2.75, 3.05) is 6.54 Å². The number of nitrogens with one attached hydrogen (secondary N) is 1. The summed E-state index contributed by atoms with van der Waals surface area (Å²) in [7, 11) is 0. The highest BCUT2D eigenvalue weighted by Crippen LogP contribution is 2.16. The molecule has 0 radical (unpaired) electrons. The van der Waals surface area contributed by atoms with Crippen molar-refractivity contribution in [2.24, 2.45) is 11.7 Å². The summed E-state index contributed by atoms with van der Waals surface area (Å²) in [6, 6.07) is 0.155. The van der Waals surface area contributed by atoms with E-state index in [0.717, 1.165) is 19.3 Å². The molecule has 0 aromatic carbocycles. The summed E-state index contributed by atoms with van der Waals surface area (Å²) in [6.07, 6.45) is 8.68. The van der Waals surface area contributed by atoms with Crippen LogP contribution in [0.25, 0.3) is 0 Å². The van der Waals surface area contributed by atoms with Crippen molar-refractivity contribution in [2.45, 2.75) is 58.5 Å². The lowest BCUT2D eigenvalue weighted by Crippen LogP contribution is -2.53. The zero-order valence-corrected chi connectivity index (χ0v) is 10.6. The molecule has 88 valence electrons. The molecular formula is C13H26N2. The molecule has 2 atom stereocenters. The van der Waals surface area contributed by atoms with Crippen molar-refractivity contribution in [3.05, 3.63) is 0 Å². The van der Waals surface area contributed by atoms with Crippen LogP contribution in [0.1, 0.15) is 47.0 Å². The van der Waals surface area contributed by atoms with Crippen molar-refractivity contribution in [1.29, 1.82) is 0 Å². The predicted molar refractivity (Wildman–Crippen MR) is 67.6 cm³/mol. The van der Waals surface area contributed by atoms with E-state index in [-0.39, 0.29) is 11.6 Å². The molecule has 0 fully saturated rings. The van der Waals surface area contributed by atoms with Crippen LogP contribution >= 0.6 is 0 Å². The van der Waals surface area contributed by atoms with Crippen molar-refractivity contribution in [3.63, 3.8) is 0 Å². The predicted octanol–water partition coefficient (Wildman–Crippen LogP) is 2.14. The maximum Gasteiger partial charge on any atom is 0.0691 e. The SMILES string of the molecule is C#CC(CCC)NC(C)(CN)CC(C)C. The molecule has 15 heavy (non-hydrogen) atoms. The zero-order valence-electron chi connectivity index (χ0n) is 10.6. The summed E-state index contributed by atoms with van der Waals surface area (Å²) in [6.45, 7) is 9.36. The van der Waals surface area contributed by atoms with Gasteiger partial charge in [0.05, 0.1) is 6.04 Å². The molecule has 0 saturated carbocycles. The van der Waals surface area contributed by atoms with Gasteiger partial charge in [0.15, 0.2) is 0 Å². The van der Waals surface area contributed by atoms with E-state index in [0.29, 0.717) is 12.5 Å². The third-order valence-electron chi connectivity index (χ3n) is 2.61. The van der Waals surface area contributed by atoms with Crippen LogP contribution in [0, 0.1) is 18.3 Å². The second-order valence-corrected chi connectivity index (χ2v) is 5.02. The zero-order chi connectivity index (χ0) is 11.9. The minimum absolute atomic E-state index is 0.0274. The molecule has 0 spiro atoms. The Morgan fingerprint density at radius 2 is 2.07 bits per heavy atom. The Hall–Kier alpha value is -0.520. The highest BCUT2D eigenvalue weighted by molar-refractivity contribution is 5.02. The largest absolute Gasteiger partial charge is 0.329 e. The van der Waals surface area contributed by atoms with Crippen molar-refractivity contribution < 1.29 is 0 Å². The van der Waals surface area contributed by atoms with Gasteiger partial charge in [-0.2, -0.15) is 0 Å². The van der Waals surface area contributed by atoms with E-state index >= 15 is 0 Å². The van der Waals surface area contributed by atoms with Gasteiger partial charge in [0.1, 0.15) is 0 Å². The molecule has 2 nitrogen and oxygen atoms in total. The number of rotatable bonds is 7. The van der Waals surface area contributed by atoms with Gasteiger partial charge < -0.3 is 5.73 Å². The lowest BCUT2D eigenvalue weighted by Gasteiger charge is -2.34. The van der Waals surface area contributed by atoms with Crippen molar-refractivity contribution in [1.82, 2.24) is 5.32 Å². The lowest BCUT2D eigenvalue weighted by molar-refractivity contribution is 0.280. The molecule has 0 bridgehead atoms. The van der Waals surface area contributed by atoms with Gasteiger partial charge >= 0.3 is 0 Å². The van der Waals surface area contributed by atoms with Gasteiger partial charge in [0.2, 0.25) is 0 Å². The molecule has 0 saturated heterocycles. The topological polar surface area (TPSA) is 38.0 Å². The van der Waals surface area contributed by atoms with E-state index in [1.54, 1.807) is 0 Å².